The molecule has 1 aliphatic rings. The number of hydrogen-bond donors (Lipinski definition) is 0. The number of benzene rings is 1. The Bertz CT molecular complexity index is 944. The standard InChI is InChI=1S/C22H21ClF3NO3/c1-13(16-10-7-11-18(27-16)30-14-8-5-4-6-9-14)29-20(28)19-15(21(19,2)3)12-17(23)22(24,25)26/h4-13,15,19H,1-3H3/b17-12-/t13-,15+,19+/m1/s1. The lowest BCUT2D eigenvalue weighted by atomic mass is 10.1. The second kappa shape index (κ2) is 8.30. The van der Waals surface area contributed by atoms with Crippen LogP contribution in [0.4, 0.5) is 13.2 Å². The topological polar surface area (TPSA) is 48.4 Å². The van der Waals surface area contributed by atoms with E-state index in [2.05, 4.69) is 4.98 Å². The minimum atomic E-state index is -4.63. The number of para-hydroxylation sites is 1. The molecule has 0 N–H and O–H groups in total. The van der Waals surface area contributed by atoms with Gasteiger partial charge in [-0.3, -0.25) is 4.79 Å². The number of ether oxygens (including phenoxy) is 2. The van der Waals surface area contributed by atoms with Crippen molar-refractivity contribution in [3.63, 3.8) is 0 Å². The molecule has 1 aliphatic carbocycles. The summed E-state index contributed by atoms with van der Waals surface area (Å²) in [7, 11) is 0. The fourth-order valence-electron chi connectivity index (χ4n) is 3.32. The van der Waals surface area contributed by atoms with E-state index in [0.29, 0.717) is 17.3 Å². The van der Waals surface area contributed by atoms with E-state index in [0.717, 1.165) is 6.08 Å². The zero-order valence-electron chi connectivity index (χ0n) is 16.6. The Hall–Kier alpha value is -2.54. The van der Waals surface area contributed by atoms with Crippen molar-refractivity contribution in [1.29, 1.82) is 0 Å². The third-order valence-corrected chi connectivity index (χ3v) is 5.52. The van der Waals surface area contributed by atoms with Crippen LogP contribution in [0.5, 0.6) is 11.6 Å². The summed E-state index contributed by atoms with van der Waals surface area (Å²) in [5.41, 5.74) is -0.205. The van der Waals surface area contributed by atoms with Crippen LogP contribution in [-0.4, -0.2) is 17.1 Å². The maximum Gasteiger partial charge on any atom is 0.426 e. The van der Waals surface area contributed by atoms with Crippen molar-refractivity contribution >= 4 is 17.6 Å². The molecule has 0 bridgehead atoms. The quantitative estimate of drug-likeness (QED) is 0.486. The highest BCUT2D eigenvalue weighted by atomic mass is 35.5. The highest BCUT2D eigenvalue weighted by Gasteiger charge is 2.62. The van der Waals surface area contributed by atoms with Crippen molar-refractivity contribution in [3.8, 4) is 11.6 Å². The molecule has 3 atom stereocenters. The number of esters is 1. The minimum Gasteiger partial charge on any atom is -0.456 e. The number of nitrogens with zero attached hydrogens (tertiary/aromatic N) is 1. The van der Waals surface area contributed by atoms with E-state index < -0.39 is 40.5 Å². The molecule has 3 rings (SSSR count). The first-order chi connectivity index (χ1) is 14.0. The van der Waals surface area contributed by atoms with Crippen LogP contribution in [0.15, 0.2) is 59.6 Å². The summed E-state index contributed by atoms with van der Waals surface area (Å²) >= 11 is 5.33. The van der Waals surface area contributed by atoms with E-state index >= 15 is 0 Å². The van der Waals surface area contributed by atoms with Gasteiger partial charge in [0.05, 0.1) is 11.6 Å². The first-order valence-electron chi connectivity index (χ1n) is 9.35. The van der Waals surface area contributed by atoms with Gasteiger partial charge in [-0.05, 0) is 36.5 Å². The highest BCUT2D eigenvalue weighted by Crippen LogP contribution is 2.60. The average molecular weight is 440 g/mol. The SMILES string of the molecule is C[C@@H](OC(=O)[C@@H]1[C@H](/C=C(\Cl)C(F)(F)F)C1(C)C)c1cccc(Oc2ccccc2)n1. The number of carbonyl (C=O) groups is 1. The largest absolute Gasteiger partial charge is 0.456 e. The Kier molecular flexibility index (Phi) is 6.13. The number of rotatable bonds is 6. The lowest BCUT2D eigenvalue weighted by Gasteiger charge is -2.14. The molecule has 0 radical (unpaired) electrons. The van der Waals surface area contributed by atoms with Crippen LogP contribution < -0.4 is 4.74 Å². The van der Waals surface area contributed by atoms with Crippen LogP contribution in [0.25, 0.3) is 0 Å². The van der Waals surface area contributed by atoms with Gasteiger partial charge in [-0.2, -0.15) is 13.2 Å². The average Bonchev–Trinajstić information content (AvgIpc) is 3.22. The highest BCUT2D eigenvalue weighted by molar-refractivity contribution is 6.30. The Morgan fingerprint density at radius 3 is 2.47 bits per heavy atom. The van der Waals surface area contributed by atoms with Gasteiger partial charge in [0.25, 0.3) is 0 Å². The van der Waals surface area contributed by atoms with Gasteiger partial charge in [0.1, 0.15) is 16.9 Å². The molecule has 0 aliphatic heterocycles. The summed E-state index contributed by atoms with van der Waals surface area (Å²) in [6.45, 7) is 5.06. The van der Waals surface area contributed by atoms with Gasteiger partial charge in [-0.25, -0.2) is 4.98 Å². The van der Waals surface area contributed by atoms with Crippen molar-refractivity contribution in [2.75, 3.05) is 0 Å². The normalized spacial score (nSPS) is 21.6. The molecule has 0 saturated heterocycles. The number of hydrogen-bond acceptors (Lipinski definition) is 4. The molecule has 0 amide bonds. The molecule has 4 nitrogen and oxygen atoms in total. The number of aromatic nitrogens is 1. The molecule has 0 unspecified atom stereocenters. The number of alkyl halides is 3. The van der Waals surface area contributed by atoms with E-state index in [1.165, 1.54) is 0 Å². The zero-order valence-corrected chi connectivity index (χ0v) is 17.4. The number of carbonyl (C=O) groups excluding carboxylic acids is 1. The van der Waals surface area contributed by atoms with Crippen LogP contribution in [-0.2, 0) is 9.53 Å². The van der Waals surface area contributed by atoms with Gasteiger partial charge in [0.2, 0.25) is 5.88 Å². The molecule has 0 spiro atoms. The maximum atomic E-state index is 12.7. The smallest absolute Gasteiger partial charge is 0.426 e. The molecule has 1 aromatic carbocycles. The summed E-state index contributed by atoms with van der Waals surface area (Å²) in [6.07, 6.45) is -4.44. The van der Waals surface area contributed by atoms with E-state index in [-0.39, 0.29) is 0 Å². The lowest BCUT2D eigenvalue weighted by molar-refractivity contribution is -0.151. The van der Waals surface area contributed by atoms with Gasteiger partial charge < -0.3 is 9.47 Å². The predicted molar refractivity (Wildman–Crippen MR) is 106 cm³/mol. The Morgan fingerprint density at radius 2 is 1.83 bits per heavy atom. The molecular weight excluding hydrogens is 419 g/mol. The Labute approximate surface area is 177 Å². The first kappa shape index (κ1) is 22.2. The van der Waals surface area contributed by atoms with Crippen molar-refractivity contribution in [2.24, 2.45) is 17.3 Å². The second-order valence-electron chi connectivity index (χ2n) is 7.73. The summed E-state index contributed by atoms with van der Waals surface area (Å²) in [5, 5.41) is -1.23. The monoisotopic (exact) mass is 439 g/mol. The van der Waals surface area contributed by atoms with E-state index in [1.807, 2.05) is 18.2 Å². The van der Waals surface area contributed by atoms with Gasteiger partial charge >= 0.3 is 12.1 Å². The summed E-state index contributed by atoms with van der Waals surface area (Å²) < 4.78 is 49.3. The van der Waals surface area contributed by atoms with Gasteiger partial charge in [-0.1, -0.05) is 55.8 Å². The summed E-state index contributed by atoms with van der Waals surface area (Å²) in [5.74, 6) is -0.989. The molecule has 1 heterocycles. The predicted octanol–water partition coefficient (Wildman–Crippen LogP) is 6.44. The number of allylic oxidation sites excluding steroid dienone is 2. The summed E-state index contributed by atoms with van der Waals surface area (Å²) in [6, 6.07) is 14.2. The van der Waals surface area contributed by atoms with Crippen molar-refractivity contribution in [1.82, 2.24) is 4.98 Å². The zero-order chi connectivity index (χ0) is 22.1. The van der Waals surface area contributed by atoms with E-state index in [9.17, 15) is 18.0 Å². The Balaban J connectivity index is 1.67. The molecule has 160 valence electrons. The Morgan fingerprint density at radius 1 is 1.17 bits per heavy atom. The fourth-order valence-corrected chi connectivity index (χ4v) is 3.46. The van der Waals surface area contributed by atoms with Gasteiger partial charge in [0.15, 0.2) is 0 Å². The maximum absolute atomic E-state index is 12.7. The van der Waals surface area contributed by atoms with Crippen LogP contribution in [0.3, 0.4) is 0 Å². The van der Waals surface area contributed by atoms with Crippen molar-refractivity contribution in [3.05, 3.63) is 65.3 Å². The van der Waals surface area contributed by atoms with E-state index in [4.69, 9.17) is 21.1 Å². The van der Waals surface area contributed by atoms with E-state index in [1.54, 1.807) is 51.1 Å². The molecule has 30 heavy (non-hydrogen) atoms. The second-order valence-corrected chi connectivity index (χ2v) is 8.14. The van der Waals surface area contributed by atoms with Crippen LogP contribution in [0.1, 0.15) is 32.6 Å². The van der Waals surface area contributed by atoms with Crippen molar-refractivity contribution < 1.29 is 27.4 Å². The van der Waals surface area contributed by atoms with Gasteiger partial charge in [-0.15, -0.1) is 0 Å². The fraction of sp³-hybridized carbons (Fsp3) is 0.364. The van der Waals surface area contributed by atoms with Crippen LogP contribution in [0, 0.1) is 17.3 Å². The summed E-state index contributed by atoms with van der Waals surface area (Å²) in [4.78, 5) is 16.9. The van der Waals surface area contributed by atoms with Crippen LogP contribution in [0.2, 0.25) is 0 Å². The number of pyridine rings is 1. The van der Waals surface area contributed by atoms with Gasteiger partial charge in [0, 0.05) is 6.07 Å². The lowest BCUT2D eigenvalue weighted by Crippen LogP contribution is -2.14. The van der Waals surface area contributed by atoms with Crippen LogP contribution >= 0.6 is 11.6 Å². The first-order valence-corrected chi connectivity index (χ1v) is 9.73. The number of halogens is 4. The minimum absolute atomic E-state index is 0.339. The molecule has 1 fully saturated rings. The molecule has 1 saturated carbocycles. The third-order valence-electron chi connectivity index (χ3n) is 5.18. The van der Waals surface area contributed by atoms with Crippen molar-refractivity contribution in [2.45, 2.75) is 33.1 Å². The molecule has 8 heteroatoms. The molecular formula is C22H21ClF3NO3. The molecule has 2 aromatic rings. The third kappa shape index (κ3) is 4.95. The molecule has 1 aromatic heterocycles.